The molecule has 0 bridgehead atoms. The van der Waals surface area contributed by atoms with Gasteiger partial charge in [-0.1, -0.05) is 11.6 Å². The van der Waals surface area contributed by atoms with Gasteiger partial charge < -0.3 is 5.32 Å². The molecule has 5 heteroatoms. The van der Waals surface area contributed by atoms with Gasteiger partial charge >= 0.3 is 0 Å². The average Bonchev–Trinajstić information content (AvgIpc) is 3.03. The minimum atomic E-state index is -0.463. The van der Waals surface area contributed by atoms with Gasteiger partial charge in [0.15, 0.2) is 0 Å². The maximum Gasteiger partial charge on any atom is 0.289 e. The second-order valence-electron chi connectivity index (χ2n) is 4.19. The zero-order valence-electron chi connectivity index (χ0n) is 8.94. The smallest absolute Gasteiger partial charge is 0.289 e. The molecule has 1 aromatic rings. The Morgan fingerprint density at radius 1 is 1.56 bits per heavy atom. The van der Waals surface area contributed by atoms with Crippen molar-refractivity contribution >= 4 is 23.0 Å². The summed E-state index contributed by atoms with van der Waals surface area (Å²) in [6.45, 7) is 2.10. The third kappa shape index (κ3) is 2.44. The molecule has 16 heavy (non-hydrogen) atoms. The lowest BCUT2D eigenvalue weighted by Gasteiger charge is -2.14. The molecule has 1 saturated carbocycles. The van der Waals surface area contributed by atoms with Crippen molar-refractivity contribution in [2.24, 2.45) is 5.92 Å². The van der Waals surface area contributed by atoms with Gasteiger partial charge in [0.25, 0.3) is 5.69 Å². The molecule has 1 unspecified atom stereocenters. The molecule has 1 aromatic carbocycles. The van der Waals surface area contributed by atoms with E-state index in [2.05, 4.69) is 12.2 Å². The van der Waals surface area contributed by atoms with Crippen LogP contribution in [0, 0.1) is 16.0 Å². The van der Waals surface area contributed by atoms with Gasteiger partial charge in [-0.05, 0) is 37.8 Å². The van der Waals surface area contributed by atoms with Crippen LogP contribution in [0.2, 0.25) is 5.02 Å². The van der Waals surface area contributed by atoms with Gasteiger partial charge in [0.1, 0.15) is 5.02 Å². The lowest BCUT2D eigenvalue weighted by atomic mass is 10.2. The maximum absolute atomic E-state index is 10.7. The van der Waals surface area contributed by atoms with Crippen LogP contribution in [0.1, 0.15) is 19.8 Å². The van der Waals surface area contributed by atoms with Crippen LogP contribution in [-0.4, -0.2) is 11.0 Å². The standard InChI is InChI=1S/C11H13ClN2O2/c1-7(8-2-3-8)13-9-4-5-10(12)11(6-9)14(15)16/h4-8,13H,2-3H2,1H3. The Morgan fingerprint density at radius 2 is 2.25 bits per heavy atom. The third-order valence-electron chi connectivity index (χ3n) is 2.87. The Kier molecular flexibility index (Phi) is 3.01. The van der Waals surface area contributed by atoms with Crippen LogP contribution in [0.4, 0.5) is 11.4 Å². The summed E-state index contributed by atoms with van der Waals surface area (Å²) in [7, 11) is 0. The third-order valence-corrected chi connectivity index (χ3v) is 3.19. The fourth-order valence-corrected chi connectivity index (χ4v) is 1.91. The largest absolute Gasteiger partial charge is 0.382 e. The van der Waals surface area contributed by atoms with E-state index in [1.54, 1.807) is 12.1 Å². The van der Waals surface area contributed by atoms with Crippen LogP contribution in [-0.2, 0) is 0 Å². The van der Waals surface area contributed by atoms with Crippen LogP contribution in [0.5, 0.6) is 0 Å². The first-order valence-corrected chi connectivity index (χ1v) is 5.66. The minimum absolute atomic E-state index is 0.0466. The predicted molar refractivity (Wildman–Crippen MR) is 63.9 cm³/mol. The molecule has 1 N–H and O–H groups in total. The molecule has 86 valence electrons. The summed E-state index contributed by atoms with van der Waals surface area (Å²) < 4.78 is 0. The Bertz CT molecular complexity index is 418. The van der Waals surface area contributed by atoms with Crippen LogP contribution in [0.15, 0.2) is 18.2 Å². The lowest BCUT2D eigenvalue weighted by Crippen LogP contribution is -2.17. The van der Waals surface area contributed by atoms with Gasteiger partial charge in [-0.3, -0.25) is 10.1 Å². The van der Waals surface area contributed by atoms with Crippen molar-refractivity contribution in [1.29, 1.82) is 0 Å². The first kappa shape index (κ1) is 11.2. The Balaban J connectivity index is 2.15. The number of nitro groups is 1. The Morgan fingerprint density at radius 3 is 2.81 bits per heavy atom. The highest BCUT2D eigenvalue weighted by Crippen LogP contribution is 2.35. The number of nitrogens with one attached hydrogen (secondary N) is 1. The fraction of sp³-hybridized carbons (Fsp3) is 0.455. The van der Waals surface area contributed by atoms with Gasteiger partial charge in [-0.2, -0.15) is 0 Å². The van der Waals surface area contributed by atoms with Crippen molar-refractivity contribution in [2.45, 2.75) is 25.8 Å². The summed E-state index contributed by atoms with van der Waals surface area (Å²) >= 11 is 5.73. The molecule has 0 radical (unpaired) electrons. The lowest BCUT2D eigenvalue weighted by molar-refractivity contribution is -0.384. The second-order valence-corrected chi connectivity index (χ2v) is 4.60. The van der Waals surface area contributed by atoms with E-state index in [4.69, 9.17) is 11.6 Å². The van der Waals surface area contributed by atoms with Gasteiger partial charge in [0, 0.05) is 17.8 Å². The van der Waals surface area contributed by atoms with Crippen LogP contribution < -0.4 is 5.32 Å². The molecule has 2 rings (SSSR count). The summed E-state index contributed by atoms with van der Waals surface area (Å²) in [6, 6.07) is 5.18. The number of rotatable bonds is 4. The Labute approximate surface area is 98.8 Å². The van der Waals surface area contributed by atoms with Crippen molar-refractivity contribution in [2.75, 3.05) is 5.32 Å². The summed E-state index contributed by atoms with van der Waals surface area (Å²) in [5.41, 5.74) is 0.713. The van der Waals surface area contributed by atoms with Gasteiger partial charge in [-0.15, -0.1) is 0 Å². The van der Waals surface area contributed by atoms with E-state index < -0.39 is 4.92 Å². The molecule has 4 nitrogen and oxygen atoms in total. The summed E-state index contributed by atoms with van der Waals surface area (Å²) in [6.07, 6.45) is 2.48. The monoisotopic (exact) mass is 240 g/mol. The topological polar surface area (TPSA) is 55.2 Å². The van der Waals surface area contributed by atoms with Crippen molar-refractivity contribution in [3.8, 4) is 0 Å². The molecule has 1 aliphatic rings. The van der Waals surface area contributed by atoms with Crippen molar-refractivity contribution in [3.05, 3.63) is 33.3 Å². The van der Waals surface area contributed by atoms with E-state index in [1.165, 1.54) is 18.9 Å². The molecule has 0 heterocycles. The highest BCUT2D eigenvalue weighted by molar-refractivity contribution is 6.32. The molecule has 1 fully saturated rings. The molecule has 0 aliphatic heterocycles. The van der Waals surface area contributed by atoms with Gasteiger partial charge in [-0.25, -0.2) is 0 Å². The summed E-state index contributed by atoms with van der Waals surface area (Å²) in [4.78, 5) is 10.2. The molecule has 0 aromatic heterocycles. The summed E-state index contributed by atoms with van der Waals surface area (Å²) in [5.74, 6) is 0.703. The summed E-state index contributed by atoms with van der Waals surface area (Å²) in [5, 5.41) is 14.1. The van der Waals surface area contributed by atoms with Crippen LogP contribution in [0.3, 0.4) is 0 Å². The van der Waals surface area contributed by atoms with Crippen molar-refractivity contribution in [3.63, 3.8) is 0 Å². The molecular formula is C11H13ClN2O2. The number of nitrogens with zero attached hydrogens (tertiary/aromatic N) is 1. The second kappa shape index (κ2) is 4.29. The highest BCUT2D eigenvalue weighted by Gasteiger charge is 2.28. The van der Waals surface area contributed by atoms with Crippen molar-refractivity contribution in [1.82, 2.24) is 0 Å². The first-order chi connectivity index (χ1) is 7.58. The molecule has 0 amide bonds. The maximum atomic E-state index is 10.7. The van der Waals surface area contributed by atoms with E-state index in [9.17, 15) is 10.1 Å². The predicted octanol–water partition coefficient (Wildman–Crippen LogP) is 3.46. The molecule has 0 spiro atoms. The van der Waals surface area contributed by atoms with E-state index in [0.29, 0.717) is 12.0 Å². The van der Waals surface area contributed by atoms with E-state index in [1.807, 2.05) is 0 Å². The number of anilines is 1. The minimum Gasteiger partial charge on any atom is -0.382 e. The van der Waals surface area contributed by atoms with E-state index in [-0.39, 0.29) is 10.7 Å². The number of benzene rings is 1. The average molecular weight is 241 g/mol. The van der Waals surface area contributed by atoms with E-state index in [0.717, 1.165) is 5.69 Å². The highest BCUT2D eigenvalue weighted by atomic mass is 35.5. The van der Waals surface area contributed by atoms with E-state index >= 15 is 0 Å². The van der Waals surface area contributed by atoms with Gasteiger partial charge in [0.2, 0.25) is 0 Å². The fourth-order valence-electron chi connectivity index (χ4n) is 1.72. The number of nitro benzene ring substituents is 1. The molecule has 1 atom stereocenters. The number of halogens is 1. The van der Waals surface area contributed by atoms with Crippen LogP contribution in [0.25, 0.3) is 0 Å². The first-order valence-electron chi connectivity index (χ1n) is 5.28. The Hall–Kier alpha value is -1.29. The van der Waals surface area contributed by atoms with Crippen LogP contribution >= 0.6 is 11.6 Å². The zero-order chi connectivity index (χ0) is 11.7. The normalized spacial score (nSPS) is 16.9. The zero-order valence-corrected chi connectivity index (χ0v) is 9.70. The number of hydrogen-bond donors (Lipinski definition) is 1. The molecule has 0 saturated heterocycles. The van der Waals surface area contributed by atoms with Gasteiger partial charge in [0.05, 0.1) is 4.92 Å². The SMILES string of the molecule is CC(Nc1ccc(Cl)c([N+](=O)[O-])c1)C1CC1. The molecule has 1 aliphatic carbocycles. The molecular weight excluding hydrogens is 228 g/mol. The van der Waals surface area contributed by atoms with Crippen molar-refractivity contribution < 1.29 is 4.92 Å². The quantitative estimate of drug-likeness (QED) is 0.648. The number of hydrogen-bond acceptors (Lipinski definition) is 3.